The average molecular weight is 374 g/mol. The van der Waals surface area contributed by atoms with Crippen molar-refractivity contribution in [2.24, 2.45) is 5.10 Å². The first-order chi connectivity index (χ1) is 12.5. The lowest BCUT2D eigenvalue weighted by molar-refractivity contribution is -0.385. The van der Waals surface area contributed by atoms with E-state index in [0.29, 0.717) is 23.0 Å². The van der Waals surface area contributed by atoms with Crippen LogP contribution in [0.25, 0.3) is 0 Å². The Morgan fingerprint density at radius 3 is 2.54 bits per heavy atom. The Morgan fingerprint density at radius 1 is 1.23 bits per heavy atom. The number of nitrogens with zero attached hydrogens (tertiary/aromatic N) is 2. The van der Waals surface area contributed by atoms with E-state index in [-0.39, 0.29) is 11.4 Å². The maximum atomic E-state index is 11.1. The van der Waals surface area contributed by atoms with E-state index in [2.05, 4.69) is 15.8 Å². The van der Waals surface area contributed by atoms with Crippen LogP contribution >= 0.6 is 12.2 Å². The van der Waals surface area contributed by atoms with E-state index < -0.39 is 4.92 Å². The third-order valence-electron chi connectivity index (χ3n) is 3.39. The molecule has 0 aliphatic carbocycles. The monoisotopic (exact) mass is 374 g/mol. The molecule has 2 aromatic rings. The molecule has 2 aromatic carbocycles. The normalized spacial score (nSPS) is 10.4. The number of nitro benzene ring substituents is 1. The van der Waals surface area contributed by atoms with Crippen LogP contribution in [0.1, 0.15) is 11.1 Å². The first kappa shape index (κ1) is 19.1. The number of methoxy groups -OCH3 is 2. The van der Waals surface area contributed by atoms with Crippen molar-refractivity contribution in [2.45, 2.75) is 6.54 Å². The Hall–Kier alpha value is -3.20. The van der Waals surface area contributed by atoms with E-state index in [4.69, 9.17) is 21.7 Å². The van der Waals surface area contributed by atoms with Gasteiger partial charge in [0.15, 0.2) is 5.11 Å². The highest BCUT2D eigenvalue weighted by molar-refractivity contribution is 7.80. The highest BCUT2D eigenvalue weighted by Crippen LogP contribution is 2.33. The molecule has 0 aromatic heterocycles. The standard InChI is InChI=1S/C17H18N4O4S/c1-24-15-9-16(25-2)14(21(22)23)8-13(15)11-19-20-17(26)18-10-12-6-4-3-5-7-12/h3-9,11H,10H2,1-2H3,(H2,18,20,26)/b19-11-. The molecular weight excluding hydrogens is 356 g/mol. The van der Waals surface area contributed by atoms with Crippen LogP contribution < -0.4 is 20.2 Å². The van der Waals surface area contributed by atoms with Crippen LogP contribution in [0, 0.1) is 10.1 Å². The van der Waals surface area contributed by atoms with Crippen molar-refractivity contribution in [1.29, 1.82) is 0 Å². The minimum atomic E-state index is -0.533. The van der Waals surface area contributed by atoms with Gasteiger partial charge in [-0.3, -0.25) is 15.5 Å². The van der Waals surface area contributed by atoms with E-state index in [9.17, 15) is 10.1 Å². The molecular formula is C17H18N4O4S. The van der Waals surface area contributed by atoms with Crippen molar-refractivity contribution in [1.82, 2.24) is 10.7 Å². The molecule has 0 aliphatic rings. The molecule has 0 unspecified atom stereocenters. The van der Waals surface area contributed by atoms with Crippen molar-refractivity contribution in [3.8, 4) is 11.5 Å². The minimum absolute atomic E-state index is 0.108. The molecule has 9 heteroatoms. The van der Waals surface area contributed by atoms with Crippen LogP contribution in [0.5, 0.6) is 11.5 Å². The molecule has 0 spiro atoms. The van der Waals surface area contributed by atoms with Gasteiger partial charge in [0.05, 0.1) is 25.4 Å². The number of nitrogens with one attached hydrogen (secondary N) is 2. The van der Waals surface area contributed by atoms with Gasteiger partial charge in [0.1, 0.15) is 5.75 Å². The molecule has 136 valence electrons. The lowest BCUT2D eigenvalue weighted by atomic mass is 10.1. The van der Waals surface area contributed by atoms with Crippen LogP contribution in [0.15, 0.2) is 47.6 Å². The van der Waals surface area contributed by atoms with Crippen LogP contribution in [0.4, 0.5) is 5.69 Å². The molecule has 0 bridgehead atoms. The molecule has 0 aliphatic heterocycles. The zero-order chi connectivity index (χ0) is 18.9. The molecule has 0 heterocycles. The smallest absolute Gasteiger partial charge is 0.311 e. The van der Waals surface area contributed by atoms with E-state index in [1.54, 1.807) is 0 Å². The van der Waals surface area contributed by atoms with Crippen LogP contribution in [0.3, 0.4) is 0 Å². The number of hydrogen-bond acceptors (Lipinski definition) is 6. The quantitative estimate of drug-likeness (QED) is 0.333. The van der Waals surface area contributed by atoms with Crippen molar-refractivity contribution < 1.29 is 14.4 Å². The summed E-state index contributed by atoms with van der Waals surface area (Å²) in [6.07, 6.45) is 1.39. The Kier molecular flexibility index (Phi) is 6.86. The average Bonchev–Trinajstić information content (AvgIpc) is 2.66. The molecule has 2 N–H and O–H groups in total. The maximum Gasteiger partial charge on any atom is 0.311 e. The molecule has 0 radical (unpaired) electrons. The van der Waals surface area contributed by atoms with Gasteiger partial charge in [-0.05, 0) is 17.8 Å². The van der Waals surface area contributed by atoms with Crippen LogP contribution in [0.2, 0.25) is 0 Å². The summed E-state index contributed by atoms with van der Waals surface area (Å²) in [5.74, 6) is 0.498. The van der Waals surface area contributed by atoms with Gasteiger partial charge in [0, 0.05) is 24.2 Å². The van der Waals surface area contributed by atoms with Gasteiger partial charge in [-0.25, -0.2) is 0 Å². The number of hydrazone groups is 1. The fraction of sp³-hybridized carbons (Fsp3) is 0.176. The number of ether oxygens (including phenoxy) is 2. The van der Waals surface area contributed by atoms with Crippen LogP contribution in [-0.4, -0.2) is 30.5 Å². The van der Waals surface area contributed by atoms with Crippen molar-refractivity contribution in [2.75, 3.05) is 14.2 Å². The zero-order valence-electron chi connectivity index (χ0n) is 14.3. The highest BCUT2D eigenvalue weighted by Gasteiger charge is 2.18. The number of hydrogen-bond donors (Lipinski definition) is 2. The van der Waals surface area contributed by atoms with Gasteiger partial charge in [0.2, 0.25) is 5.75 Å². The summed E-state index contributed by atoms with van der Waals surface area (Å²) in [5, 5.41) is 18.5. The van der Waals surface area contributed by atoms with Gasteiger partial charge in [-0.15, -0.1) is 0 Å². The molecule has 2 rings (SSSR count). The topological polar surface area (TPSA) is 98.0 Å². The fourth-order valence-corrected chi connectivity index (χ4v) is 2.25. The zero-order valence-corrected chi connectivity index (χ0v) is 15.1. The van der Waals surface area contributed by atoms with Gasteiger partial charge < -0.3 is 14.8 Å². The SMILES string of the molecule is COc1cc(OC)c([N+](=O)[O-])cc1/C=N\NC(=S)NCc1ccccc1. The second-order valence-corrected chi connectivity index (χ2v) is 5.47. The van der Waals surface area contributed by atoms with Crippen LogP contribution in [-0.2, 0) is 6.54 Å². The molecule has 8 nitrogen and oxygen atoms in total. The molecule has 0 saturated heterocycles. The molecule has 26 heavy (non-hydrogen) atoms. The first-order valence-corrected chi connectivity index (χ1v) is 7.97. The summed E-state index contributed by atoms with van der Waals surface area (Å²) in [6, 6.07) is 12.5. The molecule has 0 amide bonds. The number of benzene rings is 2. The predicted octanol–water partition coefficient (Wildman–Crippen LogP) is 2.61. The van der Waals surface area contributed by atoms with Gasteiger partial charge >= 0.3 is 5.69 Å². The Morgan fingerprint density at radius 2 is 1.92 bits per heavy atom. The van der Waals surface area contributed by atoms with Gasteiger partial charge in [0.25, 0.3) is 0 Å². The summed E-state index contributed by atoms with van der Waals surface area (Å²) in [5.41, 5.74) is 3.97. The van der Waals surface area contributed by atoms with Crippen molar-refractivity contribution >= 4 is 29.2 Å². The lowest BCUT2D eigenvalue weighted by Crippen LogP contribution is -2.31. The fourth-order valence-electron chi connectivity index (χ4n) is 2.13. The van der Waals surface area contributed by atoms with E-state index in [1.165, 1.54) is 32.6 Å². The van der Waals surface area contributed by atoms with Gasteiger partial charge in [-0.1, -0.05) is 30.3 Å². The second-order valence-electron chi connectivity index (χ2n) is 5.06. The predicted molar refractivity (Wildman–Crippen MR) is 103 cm³/mol. The second kappa shape index (κ2) is 9.33. The van der Waals surface area contributed by atoms with Crippen molar-refractivity contribution in [3.63, 3.8) is 0 Å². The maximum absolute atomic E-state index is 11.1. The molecule has 0 fully saturated rings. The largest absolute Gasteiger partial charge is 0.496 e. The Balaban J connectivity index is 2.03. The summed E-state index contributed by atoms with van der Waals surface area (Å²) in [7, 11) is 2.81. The minimum Gasteiger partial charge on any atom is -0.496 e. The van der Waals surface area contributed by atoms with Crippen molar-refractivity contribution in [3.05, 3.63) is 63.7 Å². The number of thiocarbonyl (C=S) groups is 1. The number of nitro groups is 1. The molecule has 0 saturated carbocycles. The van der Waals surface area contributed by atoms with E-state index >= 15 is 0 Å². The van der Waals surface area contributed by atoms with Gasteiger partial charge in [-0.2, -0.15) is 5.10 Å². The highest BCUT2D eigenvalue weighted by atomic mass is 32.1. The lowest BCUT2D eigenvalue weighted by Gasteiger charge is -2.09. The van der Waals surface area contributed by atoms with E-state index in [1.807, 2.05) is 30.3 Å². The number of rotatable bonds is 7. The summed E-state index contributed by atoms with van der Waals surface area (Å²) >= 11 is 5.14. The Labute approximate surface area is 156 Å². The van der Waals surface area contributed by atoms with E-state index in [0.717, 1.165) is 5.56 Å². The third kappa shape index (κ3) is 5.15. The Bertz CT molecular complexity index is 812. The third-order valence-corrected chi connectivity index (χ3v) is 3.63. The summed E-state index contributed by atoms with van der Waals surface area (Å²) < 4.78 is 10.2. The first-order valence-electron chi connectivity index (χ1n) is 7.56. The summed E-state index contributed by atoms with van der Waals surface area (Å²) in [6.45, 7) is 0.555. The summed E-state index contributed by atoms with van der Waals surface area (Å²) in [4.78, 5) is 10.6. The molecule has 0 atom stereocenters.